The van der Waals surface area contributed by atoms with Crippen molar-refractivity contribution in [1.82, 2.24) is 5.06 Å². The topological polar surface area (TPSA) is 29.5 Å². The van der Waals surface area contributed by atoms with E-state index in [1.165, 1.54) is 12.8 Å². The average Bonchev–Trinajstić information content (AvgIpc) is 2.31. The van der Waals surface area contributed by atoms with E-state index >= 15 is 0 Å². The van der Waals surface area contributed by atoms with Crippen molar-refractivity contribution in [3.63, 3.8) is 0 Å². The molecule has 0 radical (unpaired) electrons. The minimum Gasteiger partial charge on any atom is -0.367 e. The van der Waals surface area contributed by atoms with Crippen LogP contribution in [0.25, 0.3) is 0 Å². The fourth-order valence-corrected chi connectivity index (χ4v) is 1.39. The lowest BCUT2D eigenvalue weighted by Gasteiger charge is -2.23. The van der Waals surface area contributed by atoms with Crippen LogP contribution in [0.2, 0.25) is 0 Å². The summed E-state index contributed by atoms with van der Waals surface area (Å²) < 4.78 is 0. The maximum absolute atomic E-state index is 11.6. The van der Waals surface area contributed by atoms with Crippen LogP contribution in [0.4, 0.5) is 0 Å². The fourth-order valence-electron chi connectivity index (χ4n) is 1.39. The van der Waals surface area contributed by atoms with E-state index in [-0.39, 0.29) is 5.97 Å². The number of hydrogen-bond acceptors (Lipinski definition) is 3. The normalized spacial score (nSPS) is 20.2. The summed E-state index contributed by atoms with van der Waals surface area (Å²) in [4.78, 5) is 16.9. The van der Waals surface area contributed by atoms with Crippen LogP contribution < -0.4 is 0 Å². The highest BCUT2D eigenvalue weighted by atomic mass is 16.7. The van der Waals surface area contributed by atoms with Gasteiger partial charge in [-0.1, -0.05) is 12.8 Å². The molecule has 0 aromatic rings. The third kappa shape index (κ3) is 3.66. The lowest BCUT2D eigenvalue weighted by Crippen LogP contribution is -2.34. The van der Waals surface area contributed by atoms with E-state index in [4.69, 9.17) is 4.84 Å². The van der Waals surface area contributed by atoms with E-state index in [0.717, 1.165) is 25.9 Å². The zero-order valence-electron chi connectivity index (χ0n) is 9.51. The Morgan fingerprint density at radius 3 is 2.00 bits per heavy atom. The van der Waals surface area contributed by atoms with Crippen LogP contribution >= 0.6 is 0 Å². The van der Waals surface area contributed by atoms with Gasteiger partial charge in [-0.2, -0.15) is 0 Å². The van der Waals surface area contributed by atoms with Crippen molar-refractivity contribution in [2.75, 3.05) is 13.1 Å². The molecule has 0 amide bonds. The first-order valence-corrected chi connectivity index (χ1v) is 5.47. The Balaban J connectivity index is 2.38. The molecule has 14 heavy (non-hydrogen) atoms. The van der Waals surface area contributed by atoms with Crippen molar-refractivity contribution in [1.29, 1.82) is 0 Å². The van der Waals surface area contributed by atoms with Crippen LogP contribution in [0.5, 0.6) is 0 Å². The van der Waals surface area contributed by atoms with Crippen LogP contribution in [-0.4, -0.2) is 24.1 Å². The molecule has 0 aromatic carbocycles. The molecule has 0 bridgehead atoms. The fraction of sp³-hybridized carbons (Fsp3) is 0.909. The van der Waals surface area contributed by atoms with Crippen LogP contribution in [0.15, 0.2) is 0 Å². The van der Waals surface area contributed by atoms with Gasteiger partial charge < -0.3 is 4.84 Å². The molecule has 3 nitrogen and oxygen atoms in total. The molecule has 1 rings (SSSR count). The molecule has 1 heterocycles. The SMILES string of the molecule is CC(C)(C)C(=O)ON1CCCCCC1. The maximum Gasteiger partial charge on any atom is 0.330 e. The molecular formula is C11H21NO2. The van der Waals surface area contributed by atoms with E-state index in [2.05, 4.69) is 0 Å². The van der Waals surface area contributed by atoms with Gasteiger partial charge in [0.15, 0.2) is 0 Å². The van der Waals surface area contributed by atoms with Crippen molar-refractivity contribution in [2.45, 2.75) is 46.5 Å². The summed E-state index contributed by atoms with van der Waals surface area (Å²) in [6.45, 7) is 7.43. The summed E-state index contributed by atoms with van der Waals surface area (Å²) in [5.74, 6) is -0.126. The van der Waals surface area contributed by atoms with Gasteiger partial charge in [-0.05, 0) is 33.6 Å². The summed E-state index contributed by atoms with van der Waals surface area (Å²) in [5, 5.41) is 1.82. The second kappa shape index (κ2) is 4.78. The average molecular weight is 199 g/mol. The number of carbonyl (C=O) groups is 1. The van der Waals surface area contributed by atoms with Gasteiger partial charge in [0.1, 0.15) is 0 Å². The molecular weight excluding hydrogens is 178 g/mol. The lowest BCUT2D eigenvalue weighted by molar-refractivity contribution is -0.199. The molecule has 0 atom stereocenters. The molecule has 0 unspecified atom stereocenters. The molecule has 0 N–H and O–H groups in total. The highest BCUT2D eigenvalue weighted by Crippen LogP contribution is 2.18. The molecule has 0 spiro atoms. The Kier molecular flexibility index (Phi) is 3.93. The summed E-state index contributed by atoms with van der Waals surface area (Å²) in [6.07, 6.45) is 4.78. The van der Waals surface area contributed by atoms with Gasteiger partial charge >= 0.3 is 5.97 Å². The van der Waals surface area contributed by atoms with Crippen molar-refractivity contribution in [2.24, 2.45) is 5.41 Å². The van der Waals surface area contributed by atoms with Crippen LogP contribution in [0, 0.1) is 5.41 Å². The highest BCUT2D eigenvalue weighted by molar-refractivity contribution is 5.75. The lowest BCUT2D eigenvalue weighted by atomic mass is 9.98. The number of hydroxylamine groups is 2. The second-order valence-corrected chi connectivity index (χ2v) is 4.97. The largest absolute Gasteiger partial charge is 0.367 e. The summed E-state index contributed by atoms with van der Waals surface area (Å²) in [7, 11) is 0. The molecule has 1 fully saturated rings. The van der Waals surface area contributed by atoms with Crippen LogP contribution in [0.3, 0.4) is 0 Å². The predicted octanol–water partition coefficient (Wildman–Crippen LogP) is 2.37. The van der Waals surface area contributed by atoms with E-state index in [1.54, 1.807) is 0 Å². The minimum atomic E-state index is -0.397. The quantitative estimate of drug-likeness (QED) is 0.649. The van der Waals surface area contributed by atoms with E-state index < -0.39 is 5.41 Å². The predicted molar refractivity (Wildman–Crippen MR) is 55.6 cm³/mol. The number of nitrogens with zero attached hydrogens (tertiary/aromatic N) is 1. The Labute approximate surface area is 86.4 Å². The first-order valence-electron chi connectivity index (χ1n) is 5.47. The Hall–Kier alpha value is -0.570. The summed E-state index contributed by atoms with van der Waals surface area (Å²) >= 11 is 0. The Morgan fingerprint density at radius 2 is 1.57 bits per heavy atom. The molecule has 0 saturated carbocycles. The van der Waals surface area contributed by atoms with E-state index in [0.29, 0.717) is 0 Å². The monoisotopic (exact) mass is 199 g/mol. The second-order valence-electron chi connectivity index (χ2n) is 4.97. The maximum atomic E-state index is 11.6. The van der Waals surface area contributed by atoms with E-state index in [9.17, 15) is 4.79 Å². The summed E-state index contributed by atoms with van der Waals surface area (Å²) in [5.41, 5.74) is -0.397. The third-order valence-electron chi connectivity index (χ3n) is 2.39. The molecule has 82 valence electrons. The van der Waals surface area contributed by atoms with Gasteiger partial charge in [0.2, 0.25) is 0 Å². The van der Waals surface area contributed by atoms with Gasteiger partial charge in [-0.3, -0.25) is 0 Å². The van der Waals surface area contributed by atoms with Crippen molar-refractivity contribution in [3.05, 3.63) is 0 Å². The smallest absolute Gasteiger partial charge is 0.330 e. The van der Waals surface area contributed by atoms with Crippen molar-refractivity contribution < 1.29 is 9.63 Å². The number of carbonyl (C=O) groups excluding carboxylic acids is 1. The molecule has 1 aliphatic rings. The summed E-state index contributed by atoms with van der Waals surface area (Å²) in [6, 6.07) is 0. The van der Waals surface area contributed by atoms with Gasteiger partial charge in [-0.15, -0.1) is 5.06 Å². The van der Waals surface area contributed by atoms with Crippen molar-refractivity contribution in [3.8, 4) is 0 Å². The van der Waals surface area contributed by atoms with Gasteiger partial charge in [-0.25, -0.2) is 4.79 Å². The van der Waals surface area contributed by atoms with Crippen molar-refractivity contribution >= 4 is 5.97 Å². The number of hydrogen-bond donors (Lipinski definition) is 0. The standard InChI is InChI=1S/C11H21NO2/c1-11(2,3)10(13)14-12-8-6-4-5-7-9-12/h4-9H2,1-3H3. The van der Waals surface area contributed by atoms with Crippen LogP contribution in [0.1, 0.15) is 46.5 Å². The molecule has 0 aromatic heterocycles. The zero-order valence-corrected chi connectivity index (χ0v) is 9.51. The van der Waals surface area contributed by atoms with Gasteiger partial charge in [0, 0.05) is 13.1 Å². The first-order chi connectivity index (χ1) is 6.50. The first kappa shape index (κ1) is 11.5. The number of rotatable bonds is 1. The minimum absolute atomic E-state index is 0.126. The van der Waals surface area contributed by atoms with Gasteiger partial charge in [0.05, 0.1) is 5.41 Å². The Bertz CT molecular complexity index is 188. The molecule has 0 aliphatic carbocycles. The molecule has 3 heteroatoms. The van der Waals surface area contributed by atoms with Crippen LogP contribution in [-0.2, 0) is 9.63 Å². The zero-order chi connectivity index (χ0) is 10.6. The molecule has 1 aliphatic heterocycles. The third-order valence-corrected chi connectivity index (χ3v) is 2.39. The molecule has 1 saturated heterocycles. The van der Waals surface area contributed by atoms with E-state index in [1.807, 2.05) is 25.8 Å². The Morgan fingerprint density at radius 1 is 1.07 bits per heavy atom. The van der Waals surface area contributed by atoms with Gasteiger partial charge in [0.25, 0.3) is 0 Å². The highest BCUT2D eigenvalue weighted by Gasteiger charge is 2.26.